The van der Waals surface area contributed by atoms with Crippen LogP contribution in [0.5, 0.6) is 0 Å². The van der Waals surface area contributed by atoms with Crippen molar-refractivity contribution >= 4 is 23.9 Å². The number of hydrogen-bond donors (Lipinski definition) is 1. The molecule has 0 saturated carbocycles. The van der Waals surface area contributed by atoms with Crippen molar-refractivity contribution in [2.75, 3.05) is 6.54 Å². The Balaban J connectivity index is 2.08. The van der Waals surface area contributed by atoms with Gasteiger partial charge in [0, 0.05) is 19.4 Å². The molecule has 2 rings (SSSR count). The summed E-state index contributed by atoms with van der Waals surface area (Å²) in [5.41, 5.74) is -0.125. The van der Waals surface area contributed by atoms with Crippen LogP contribution in [0.25, 0.3) is 0 Å². The van der Waals surface area contributed by atoms with Gasteiger partial charge in [0.2, 0.25) is 5.91 Å². The van der Waals surface area contributed by atoms with E-state index < -0.39 is 67.2 Å². The molecule has 1 aliphatic rings. The third-order valence-electron chi connectivity index (χ3n) is 4.29. The van der Waals surface area contributed by atoms with Crippen LogP contribution in [0.2, 0.25) is 0 Å². The van der Waals surface area contributed by atoms with Crippen LogP contribution >= 0.6 is 0 Å². The number of imide groups is 1. The van der Waals surface area contributed by atoms with E-state index in [0.29, 0.717) is 4.90 Å². The third kappa shape index (κ3) is 7.62. The zero-order valence-corrected chi connectivity index (χ0v) is 17.7. The average Bonchev–Trinajstić information content (AvgIpc) is 2.66. The number of piperidine rings is 1. The van der Waals surface area contributed by atoms with Gasteiger partial charge in [-0.25, -0.2) is 4.79 Å². The molecule has 0 aromatic heterocycles. The fourth-order valence-electron chi connectivity index (χ4n) is 2.86. The highest BCUT2D eigenvalue weighted by Gasteiger charge is 2.49. The van der Waals surface area contributed by atoms with Crippen molar-refractivity contribution in [3.63, 3.8) is 0 Å². The van der Waals surface area contributed by atoms with Gasteiger partial charge in [0.25, 0.3) is 5.91 Å². The topological polar surface area (TPSA) is 102 Å². The normalized spacial score (nSPS) is 17.1. The number of rotatable bonds is 7. The Morgan fingerprint density at radius 1 is 1.19 bits per heavy atom. The number of alkyl carbamates (subject to hydrolysis) is 1. The Bertz CT molecular complexity index is 823. The second kappa shape index (κ2) is 9.84. The van der Waals surface area contributed by atoms with Crippen molar-refractivity contribution < 1.29 is 37.4 Å². The predicted molar refractivity (Wildman–Crippen MR) is 105 cm³/mol. The molecular formula is C21H26F2N2O6. The molecule has 1 N–H and O–H groups in total. The number of alkyl halides is 2. The first-order chi connectivity index (χ1) is 14.4. The van der Waals surface area contributed by atoms with E-state index in [4.69, 9.17) is 9.47 Å². The highest BCUT2D eigenvalue weighted by molar-refractivity contribution is 6.01. The number of amides is 3. The molecule has 3 amide bonds. The molecule has 1 aromatic carbocycles. The van der Waals surface area contributed by atoms with E-state index in [1.165, 1.54) is 0 Å². The van der Waals surface area contributed by atoms with E-state index >= 15 is 0 Å². The van der Waals surface area contributed by atoms with Crippen LogP contribution < -0.4 is 5.32 Å². The molecule has 0 unspecified atom stereocenters. The highest BCUT2D eigenvalue weighted by atomic mass is 19.3. The smallest absolute Gasteiger partial charge is 0.407 e. The van der Waals surface area contributed by atoms with Crippen LogP contribution in [0.1, 0.15) is 45.6 Å². The van der Waals surface area contributed by atoms with Gasteiger partial charge in [0.15, 0.2) is 0 Å². The van der Waals surface area contributed by atoms with Gasteiger partial charge >= 0.3 is 18.0 Å². The maximum absolute atomic E-state index is 13.8. The minimum Gasteiger partial charge on any atom is -0.461 e. The maximum Gasteiger partial charge on any atom is 0.407 e. The van der Waals surface area contributed by atoms with E-state index in [1.54, 1.807) is 51.1 Å². The lowest BCUT2D eigenvalue weighted by atomic mass is 10.0. The van der Waals surface area contributed by atoms with Crippen molar-refractivity contribution in [3.8, 4) is 0 Å². The van der Waals surface area contributed by atoms with Gasteiger partial charge < -0.3 is 14.8 Å². The number of nitrogens with zero attached hydrogens (tertiary/aromatic N) is 1. The fourth-order valence-corrected chi connectivity index (χ4v) is 2.86. The first kappa shape index (κ1) is 24.2. The highest BCUT2D eigenvalue weighted by Crippen LogP contribution is 2.29. The molecule has 0 bridgehead atoms. The van der Waals surface area contributed by atoms with Crippen LogP contribution in [0.15, 0.2) is 30.3 Å². The average molecular weight is 440 g/mol. The molecule has 1 saturated heterocycles. The SMILES string of the molecule is CC(C)(C)OC(=O)N[C@@H](CC(=O)OCc1ccccc1)CN1C(=O)CCC(F)(F)C1=O. The summed E-state index contributed by atoms with van der Waals surface area (Å²) in [6.07, 6.45) is -2.76. The van der Waals surface area contributed by atoms with Gasteiger partial charge in [-0.1, -0.05) is 30.3 Å². The Morgan fingerprint density at radius 2 is 1.84 bits per heavy atom. The van der Waals surface area contributed by atoms with E-state index in [9.17, 15) is 28.0 Å². The van der Waals surface area contributed by atoms with Crippen LogP contribution in [0.4, 0.5) is 13.6 Å². The standard InChI is InChI=1S/C21H26F2N2O6/c1-20(2,3)31-19(29)24-15(11-17(27)30-13-14-7-5-4-6-8-14)12-25-16(26)9-10-21(22,23)18(25)28/h4-8,15H,9-13H2,1-3H3,(H,24,29)/t15-/m0/s1. The van der Waals surface area contributed by atoms with Crippen LogP contribution in [-0.2, 0) is 30.5 Å². The molecule has 31 heavy (non-hydrogen) atoms. The predicted octanol–water partition coefficient (Wildman–Crippen LogP) is 2.80. The Hall–Kier alpha value is -3.04. The number of nitrogens with one attached hydrogen (secondary N) is 1. The quantitative estimate of drug-likeness (QED) is 0.517. The molecule has 1 heterocycles. The molecule has 0 aliphatic carbocycles. The summed E-state index contributed by atoms with van der Waals surface area (Å²) >= 11 is 0. The fraction of sp³-hybridized carbons (Fsp3) is 0.524. The molecule has 0 spiro atoms. The lowest BCUT2D eigenvalue weighted by molar-refractivity contribution is -0.172. The molecule has 1 fully saturated rings. The van der Waals surface area contributed by atoms with Gasteiger partial charge in [0.05, 0.1) is 12.5 Å². The van der Waals surface area contributed by atoms with E-state index in [1.807, 2.05) is 0 Å². The lowest BCUT2D eigenvalue weighted by Gasteiger charge is -2.33. The summed E-state index contributed by atoms with van der Waals surface area (Å²) in [5, 5.41) is 2.37. The summed E-state index contributed by atoms with van der Waals surface area (Å²) in [5.74, 6) is -6.88. The monoisotopic (exact) mass is 440 g/mol. The maximum atomic E-state index is 13.8. The van der Waals surface area contributed by atoms with Crippen molar-refractivity contribution in [1.29, 1.82) is 0 Å². The van der Waals surface area contributed by atoms with Gasteiger partial charge in [-0.3, -0.25) is 19.3 Å². The number of esters is 1. The number of ether oxygens (including phenoxy) is 2. The summed E-state index contributed by atoms with van der Waals surface area (Å²) < 4.78 is 37.8. The Morgan fingerprint density at radius 3 is 2.45 bits per heavy atom. The minimum absolute atomic E-state index is 0.0293. The zero-order valence-electron chi connectivity index (χ0n) is 17.7. The zero-order chi connectivity index (χ0) is 23.2. The van der Waals surface area contributed by atoms with Crippen molar-refractivity contribution in [2.24, 2.45) is 0 Å². The van der Waals surface area contributed by atoms with Gasteiger partial charge in [-0.15, -0.1) is 0 Å². The Kier molecular flexibility index (Phi) is 7.70. The lowest BCUT2D eigenvalue weighted by Crippen LogP contribution is -2.56. The number of carbonyl (C=O) groups excluding carboxylic acids is 4. The summed E-state index contributed by atoms with van der Waals surface area (Å²) in [6.45, 7) is 4.22. The summed E-state index contributed by atoms with van der Waals surface area (Å²) in [4.78, 5) is 48.8. The largest absolute Gasteiger partial charge is 0.461 e. The van der Waals surface area contributed by atoms with E-state index in [0.717, 1.165) is 5.56 Å². The van der Waals surface area contributed by atoms with Crippen LogP contribution in [0.3, 0.4) is 0 Å². The second-order valence-corrected chi connectivity index (χ2v) is 8.21. The number of benzene rings is 1. The molecular weight excluding hydrogens is 414 g/mol. The molecule has 170 valence electrons. The summed E-state index contributed by atoms with van der Waals surface area (Å²) in [6, 6.07) is 7.66. The van der Waals surface area contributed by atoms with Gasteiger partial charge in [-0.2, -0.15) is 8.78 Å². The number of carbonyl (C=O) groups is 4. The molecule has 1 aliphatic heterocycles. The minimum atomic E-state index is -3.68. The second-order valence-electron chi connectivity index (χ2n) is 8.21. The van der Waals surface area contributed by atoms with Gasteiger partial charge in [-0.05, 0) is 26.3 Å². The third-order valence-corrected chi connectivity index (χ3v) is 4.29. The molecule has 10 heteroatoms. The van der Waals surface area contributed by atoms with Crippen molar-refractivity contribution in [1.82, 2.24) is 10.2 Å². The number of likely N-dealkylation sites (tertiary alicyclic amines) is 1. The van der Waals surface area contributed by atoms with E-state index in [-0.39, 0.29) is 6.61 Å². The summed E-state index contributed by atoms with van der Waals surface area (Å²) in [7, 11) is 0. The first-order valence-electron chi connectivity index (χ1n) is 9.79. The Labute approximate surface area is 178 Å². The van der Waals surface area contributed by atoms with Crippen molar-refractivity contribution in [2.45, 2.75) is 64.2 Å². The molecule has 8 nitrogen and oxygen atoms in total. The first-order valence-corrected chi connectivity index (χ1v) is 9.79. The molecule has 1 atom stereocenters. The molecule has 0 radical (unpaired) electrons. The van der Waals surface area contributed by atoms with Gasteiger partial charge in [0.1, 0.15) is 12.2 Å². The van der Waals surface area contributed by atoms with E-state index in [2.05, 4.69) is 5.32 Å². The van der Waals surface area contributed by atoms with Crippen molar-refractivity contribution in [3.05, 3.63) is 35.9 Å². The number of halogens is 2. The molecule has 1 aromatic rings. The van der Waals surface area contributed by atoms with Crippen LogP contribution in [0, 0.1) is 0 Å². The number of hydrogen-bond acceptors (Lipinski definition) is 6. The van der Waals surface area contributed by atoms with Crippen LogP contribution in [-0.4, -0.2) is 52.9 Å².